The lowest BCUT2D eigenvalue weighted by atomic mass is 10.1. The predicted molar refractivity (Wildman–Crippen MR) is 106 cm³/mol. The van der Waals surface area contributed by atoms with E-state index in [2.05, 4.69) is 15.3 Å². The molecule has 1 amide bonds. The maximum atomic E-state index is 12.6. The minimum Gasteiger partial charge on any atom is -0.423 e. The van der Waals surface area contributed by atoms with Gasteiger partial charge in [-0.2, -0.15) is 0 Å². The van der Waals surface area contributed by atoms with Gasteiger partial charge in [0.25, 0.3) is 5.91 Å². The van der Waals surface area contributed by atoms with Gasteiger partial charge in [-0.25, -0.2) is 9.78 Å². The normalized spacial score (nSPS) is 10.9. The molecule has 1 aromatic carbocycles. The summed E-state index contributed by atoms with van der Waals surface area (Å²) in [5.74, 6) is -0.387. The van der Waals surface area contributed by atoms with Crippen molar-refractivity contribution < 1.29 is 9.21 Å². The van der Waals surface area contributed by atoms with Crippen LogP contribution in [0.4, 0.5) is 5.69 Å². The fourth-order valence-electron chi connectivity index (χ4n) is 2.64. The van der Waals surface area contributed by atoms with Crippen LogP contribution in [0.2, 0.25) is 5.15 Å². The average molecular weight is 398 g/mol. The molecule has 0 aliphatic heterocycles. The number of nitrogens with zero attached hydrogens (tertiary/aromatic N) is 2. The minimum absolute atomic E-state index is 0.125. The van der Waals surface area contributed by atoms with E-state index in [4.69, 9.17) is 16.0 Å². The van der Waals surface area contributed by atoms with Gasteiger partial charge in [0, 0.05) is 41.2 Å². The number of rotatable bonds is 3. The van der Waals surface area contributed by atoms with E-state index < -0.39 is 5.63 Å². The summed E-state index contributed by atoms with van der Waals surface area (Å²) in [6.45, 7) is 1.83. The number of thiazole rings is 1. The molecule has 6 nitrogen and oxygen atoms in total. The summed E-state index contributed by atoms with van der Waals surface area (Å²) >= 11 is 7.33. The Labute approximate surface area is 162 Å². The molecule has 0 aliphatic carbocycles. The Morgan fingerprint density at radius 1 is 1.26 bits per heavy atom. The number of carbonyl (C=O) groups excluding carboxylic acids is 1. The molecule has 0 spiro atoms. The van der Waals surface area contributed by atoms with E-state index in [0.717, 1.165) is 16.5 Å². The zero-order valence-corrected chi connectivity index (χ0v) is 15.6. The second-order valence-electron chi connectivity index (χ2n) is 5.79. The Hall–Kier alpha value is -3.03. The van der Waals surface area contributed by atoms with Crippen LogP contribution in [0.1, 0.15) is 15.2 Å². The third-order valence-electron chi connectivity index (χ3n) is 3.91. The fourth-order valence-corrected chi connectivity index (χ4v) is 3.82. The average Bonchev–Trinajstić information content (AvgIpc) is 3.04. The molecular weight excluding hydrogens is 386 g/mol. The van der Waals surface area contributed by atoms with Crippen molar-refractivity contribution in [2.45, 2.75) is 6.92 Å². The monoisotopic (exact) mass is 397 g/mol. The van der Waals surface area contributed by atoms with E-state index in [1.54, 1.807) is 36.7 Å². The van der Waals surface area contributed by atoms with Crippen LogP contribution in [0.15, 0.2) is 58.0 Å². The molecule has 4 aromatic rings. The molecule has 3 aromatic heterocycles. The van der Waals surface area contributed by atoms with E-state index in [1.807, 2.05) is 13.0 Å². The number of aromatic nitrogens is 2. The topological polar surface area (TPSA) is 85.1 Å². The fraction of sp³-hybridized carbons (Fsp3) is 0.0526. The number of amides is 1. The van der Waals surface area contributed by atoms with Crippen molar-refractivity contribution in [2.75, 3.05) is 5.32 Å². The van der Waals surface area contributed by atoms with Crippen molar-refractivity contribution in [1.29, 1.82) is 0 Å². The maximum Gasteiger partial charge on any atom is 0.336 e. The molecule has 3 heterocycles. The Morgan fingerprint density at radius 3 is 2.89 bits per heavy atom. The first-order valence-corrected chi connectivity index (χ1v) is 9.13. The summed E-state index contributed by atoms with van der Waals surface area (Å²) in [7, 11) is 0. The number of fused-ring (bicyclic) bond motifs is 1. The lowest BCUT2D eigenvalue weighted by Crippen LogP contribution is -2.10. The summed E-state index contributed by atoms with van der Waals surface area (Å²) in [6.07, 6.45) is 3.32. The molecule has 0 unspecified atom stereocenters. The smallest absolute Gasteiger partial charge is 0.336 e. The van der Waals surface area contributed by atoms with Gasteiger partial charge in [0.2, 0.25) is 0 Å². The predicted octanol–water partition coefficient (Wildman–Crippen LogP) is 4.53. The molecule has 0 atom stereocenters. The molecule has 0 saturated heterocycles. The van der Waals surface area contributed by atoms with Crippen LogP contribution in [0.5, 0.6) is 0 Å². The molecule has 4 rings (SSSR count). The highest BCUT2D eigenvalue weighted by molar-refractivity contribution is 7.17. The van der Waals surface area contributed by atoms with Gasteiger partial charge >= 0.3 is 5.63 Å². The largest absolute Gasteiger partial charge is 0.423 e. The van der Waals surface area contributed by atoms with Crippen LogP contribution in [-0.4, -0.2) is 15.9 Å². The molecule has 0 aliphatic rings. The van der Waals surface area contributed by atoms with Gasteiger partial charge in [-0.05, 0) is 36.8 Å². The molecule has 8 heteroatoms. The van der Waals surface area contributed by atoms with Gasteiger partial charge < -0.3 is 9.73 Å². The lowest BCUT2D eigenvalue weighted by molar-refractivity contribution is 0.103. The first-order chi connectivity index (χ1) is 13.0. The Kier molecular flexibility index (Phi) is 4.47. The number of halogens is 1. The van der Waals surface area contributed by atoms with Crippen molar-refractivity contribution in [3.8, 4) is 10.6 Å². The molecule has 0 bridgehead atoms. The van der Waals surface area contributed by atoms with E-state index in [1.165, 1.54) is 17.4 Å². The molecule has 0 fully saturated rings. The van der Waals surface area contributed by atoms with Gasteiger partial charge in [0.1, 0.15) is 15.5 Å². The van der Waals surface area contributed by atoms with Crippen molar-refractivity contribution in [3.63, 3.8) is 0 Å². The summed E-state index contributed by atoms with van der Waals surface area (Å²) in [6, 6.07) is 10.2. The number of nitrogens with one attached hydrogen (secondary N) is 1. The number of anilines is 1. The van der Waals surface area contributed by atoms with Crippen molar-refractivity contribution in [1.82, 2.24) is 9.97 Å². The zero-order chi connectivity index (χ0) is 19.0. The third-order valence-corrected chi connectivity index (χ3v) is 5.40. The van der Waals surface area contributed by atoms with E-state index >= 15 is 0 Å². The number of hydrogen-bond acceptors (Lipinski definition) is 6. The molecule has 134 valence electrons. The van der Waals surface area contributed by atoms with E-state index in [-0.39, 0.29) is 11.1 Å². The lowest BCUT2D eigenvalue weighted by Gasteiger charge is -2.06. The summed E-state index contributed by atoms with van der Waals surface area (Å²) in [5, 5.41) is 4.31. The standard InChI is InChI=1S/C19H12ClN3O3S/c1-10-7-15(24)26-14-8-12(4-5-13(10)14)22-18(25)16-17(20)23-19(27-16)11-3-2-6-21-9-11/h2-9H,1H3,(H,22,25). The van der Waals surface area contributed by atoms with Crippen molar-refractivity contribution in [3.05, 3.63) is 74.8 Å². The molecule has 0 saturated carbocycles. The second kappa shape index (κ2) is 6.94. The highest BCUT2D eigenvalue weighted by Gasteiger charge is 2.18. The summed E-state index contributed by atoms with van der Waals surface area (Å²) < 4.78 is 5.21. The SMILES string of the molecule is Cc1cc(=O)oc2cc(NC(=O)c3sc(-c4cccnc4)nc3Cl)ccc12. The summed E-state index contributed by atoms with van der Waals surface area (Å²) in [4.78, 5) is 32.8. The zero-order valence-electron chi connectivity index (χ0n) is 14.0. The molecule has 27 heavy (non-hydrogen) atoms. The van der Waals surface area contributed by atoms with Crippen LogP contribution >= 0.6 is 22.9 Å². The van der Waals surface area contributed by atoms with Gasteiger partial charge in [-0.3, -0.25) is 9.78 Å². The van der Waals surface area contributed by atoms with Gasteiger partial charge in [-0.15, -0.1) is 11.3 Å². The third kappa shape index (κ3) is 3.47. The van der Waals surface area contributed by atoms with Crippen LogP contribution in [0.25, 0.3) is 21.5 Å². The summed E-state index contributed by atoms with van der Waals surface area (Å²) in [5.41, 5.74) is 2.06. The first-order valence-electron chi connectivity index (χ1n) is 7.94. The quantitative estimate of drug-likeness (QED) is 0.513. The molecule has 0 radical (unpaired) electrons. The van der Waals surface area contributed by atoms with Crippen LogP contribution < -0.4 is 10.9 Å². The van der Waals surface area contributed by atoms with Gasteiger partial charge in [-0.1, -0.05) is 11.6 Å². The Bertz CT molecular complexity index is 1220. The number of aryl methyl sites for hydroxylation is 1. The molecular formula is C19H12ClN3O3S. The van der Waals surface area contributed by atoms with E-state index in [0.29, 0.717) is 21.2 Å². The Balaban J connectivity index is 1.64. The van der Waals surface area contributed by atoms with Crippen LogP contribution in [-0.2, 0) is 0 Å². The number of hydrogen-bond donors (Lipinski definition) is 1. The first kappa shape index (κ1) is 17.4. The number of pyridine rings is 1. The maximum absolute atomic E-state index is 12.6. The highest BCUT2D eigenvalue weighted by atomic mass is 35.5. The van der Waals surface area contributed by atoms with E-state index in [9.17, 15) is 9.59 Å². The van der Waals surface area contributed by atoms with Crippen LogP contribution in [0, 0.1) is 6.92 Å². The van der Waals surface area contributed by atoms with Gasteiger partial charge in [0.15, 0.2) is 5.15 Å². The number of benzene rings is 1. The minimum atomic E-state index is -0.435. The highest BCUT2D eigenvalue weighted by Crippen LogP contribution is 2.31. The molecule has 1 N–H and O–H groups in total. The van der Waals surface area contributed by atoms with Gasteiger partial charge in [0.05, 0.1) is 0 Å². The Morgan fingerprint density at radius 2 is 2.11 bits per heavy atom. The number of carbonyl (C=O) groups is 1. The second-order valence-corrected chi connectivity index (χ2v) is 7.15. The van der Waals surface area contributed by atoms with Crippen LogP contribution in [0.3, 0.4) is 0 Å². The van der Waals surface area contributed by atoms with Crippen molar-refractivity contribution in [2.24, 2.45) is 0 Å². The van der Waals surface area contributed by atoms with Crippen molar-refractivity contribution >= 4 is 45.5 Å².